The molecule has 0 bridgehead atoms. The largest absolute Gasteiger partial charge is 0.271 e. The lowest BCUT2D eigenvalue weighted by atomic mass is 10.2. The third-order valence-electron chi connectivity index (χ3n) is 2.24. The van der Waals surface area contributed by atoms with Gasteiger partial charge in [-0.25, -0.2) is 4.39 Å². The van der Waals surface area contributed by atoms with Crippen LogP contribution in [0.15, 0.2) is 34.8 Å². The summed E-state index contributed by atoms with van der Waals surface area (Å²) in [5, 5.41) is 0. The molecule has 82 valence electrons. The predicted octanol–water partition coefficient (Wildman–Crippen LogP) is 2.01. The van der Waals surface area contributed by atoms with E-state index in [0.29, 0.717) is 10.0 Å². The Labute approximate surface area is 99.7 Å². The van der Waals surface area contributed by atoms with Crippen molar-refractivity contribution in [3.8, 4) is 0 Å². The minimum absolute atomic E-state index is 0.0457. The summed E-state index contributed by atoms with van der Waals surface area (Å²) in [4.78, 5) is 23.5. The molecule has 2 amide bonds. The average Bonchev–Trinajstić information content (AvgIpc) is 2.55. The number of carbonyl (C=O) groups is 2. The standard InChI is InChI=1S/C11H7BrFNO2/c12-8-1-2-9(13)7(5-8)6-14-10(15)3-4-11(14)16/h1-5H,6H2. The Kier molecular flexibility index (Phi) is 2.87. The van der Waals surface area contributed by atoms with E-state index >= 15 is 0 Å². The van der Waals surface area contributed by atoms with Gasteiger partial charge in [0.25, 0.3) is 11.8 Å². The number of carbonyl (C=O) groups excluding carboxylic acids is 2. The van der Waals surface area contributed by atoms with Crippen LogP contribution in [0.3, 0.4) is 0 Å². The Bertz CT molecular complexity index is 481. The summed E-state index contributed by atoms with van der Waals surface area (Å²) in [5.74, 6) is -1.26. The van der Waals surface area contributed by atoms with Crippen LogP contribution in [-0.4, -0.2) is 16.7 Å². The summed E-state index contributed by atoms with van der Waals surface area (Å²) < 4.78 is 14.1. The van der Waals surface area contributed by atoms with Gasteiger partial charge in [-0.05, 0) is 18.2 Å². The fourth-order valence-corrected chi connectivity index (χ4v) is 1.83. The highest BCUT2D eigenvalue weighted by Crippen LogP contribution is 2.18. The normalized spacial score (nSPS) is 15.0. The van der Waals surface area contributed by atoms with Crippen LogP contribution in [-0.2, 0) is 16.1 Å². The molecular formula is C11H7BrFNO2. The topological polar surface area (TPSA) is 37.4 Å². The average molecular weight is 284 g/mol. The number of amides is 2. The number of halogens is 2. The molecule has 3 nitrogen and oxygen atoms in total. The van der Waals surface area contributed by atoms with Crippen LogP contribution in [0.4, 0.5) is 4.39 Å². The monoisotopic (exact) mass is 283 g/mol. The molecule has 0 spiro atoms. The molecule has 1 aromatic rings. The maximum absolute atomic E-state index is 13.4. The second-order valence-electron chi connectivity index (χ2n) is 3.33. The zero-order valence-corrected chi connectivity index (χ0v) is 9.70. The third-order valence-corrected chi connectivity index (χ3v) is 2.73. The number of hydrogen-bond acceptors (Lipinski definition) is 2. The van der Waals surface area contributed by atoms with Crippen molar-refractivity contribution in [2.75, 3.05) is 0 Å². The Morgan fingerprint density at radius 3 is 2.44 bits per heavy atom. The van der Waals surface area contributed by atoms with E-state index in [1.165, 1.54) is 18.2 Å². The maximum atomic E-state index is 13.4. The van der Waals surface area contributed by atoms with Crippen molar-refractivity contribution in [2.24, 2.45) is 0 Å². The summed E-state index contributed by atoms with van der Waals surface area (Å²) >= 11 is 3.21. The molecule has 16 heavy (non-hydrogen) atoms. The first kappa shape index (κ1) is 11.0. The van der Waals surface area contributed by atoms with Gasteiger partial charge in [-0.15, -0.1) is 0 Å². The van der Waals surface area contributed by atoms with Gasteiger partial charge in [0.1, 0.15) is 5.82 Å². The first-order valence-corrected chi connectivity index (χ1v) is 5.34. The van der Waals surface area contributed by atoms with Crippen LogP contribution in [0.2, 0.25) is 0 Å². The van der Waals surface area contributed by atoms with Crippen molar-refractivity contribution in [2.45, 2.75) is 6.54 Å². The van der Waals surface area contributed by atoms with Gasteiger partial charge < -0.3 is 0 Å². The van der Waals surface area contributed by atoms with Crippen molar-refractivity contribution in [1.29, 1.82) is 0 Å². The molecule has 0 aliphatic carbocycles. The molecule has 1 aliphatic heterocycles. The van der Waals surface area contributed by atoms with Gasteiger partial charge in [0, 0.05) is 22.2 Å². The molecule has 0 unspecified atom stereocenters. The quantitative estimate of drug-likeness (QED) is 0.779. The fraction of sp³-hybridized carbons (Fsp3) is 0.0909. The summed E-state index contributed by atoms with van der Waals surface area (Å²) in [6, 6.07) is 4.40. The molecule has 1 aromatic carbocycles. The summed E-state index contributed by atoms with van der Waals surface area (Å²) in [6.07, 6.45) is 2.36. The van der Waals surface area contributed by atoms with Gasteiger partial charge in [-0.3, -0.25) is 14.5 Å². The van der Waals surface area contributed by atoms with Gasteiger partial charge in [-0.1, -0.05) is 15.9 Å². The second kappa shape index (κ2) is 4.17. The van der Waals surface area contributed by atoms with Crippen LogP contribution >= 0.6 is 15.9 Å². The molecule has 2 rings (SSSR count). The molecule has 1 aliphatic rings. The van der Waals surface area contributed by atoms with E-state index in [0.717, 1.165) is 4.90 Å². The van der Waals surface area contributed by atoms with Crippen molar-refractivity contribution in [3.63, 3.8) is 0 Å². The maximum Gasteiger partial charge on any atom is 0.253 e. The third kappa shape index (κ3) is 2.04. The molecule has 0 radical (unpaired) electrons. The molecule has 0 fully saturated rings. The number of rotatable bonds is 2. The Balaban J connectivity index is 2.24. The number of imide groups is 1. The molecule has 0 saturated carbocycles. The minimum Gasteiger partial charge on any atom is -0.271 e. The summed E-state index contributed by atoms with van der Waals surface area (Å²) in [5.41, 5.74) is 0.305. The van der Waals surface area contributed by atoms with E-state index in [1.54, 1.807) is 12.1 Å². The Hall–Kier alpha value is -1.49. The first-order chi connectivity index (χ1) is 7.58. The van der Waals surface area contributed by atoms with Crippen LogP contribution in [0.25, 0.3) is 0 Å². The fourth-order valence-electron chi connectivity index (χ4n) is 1.42. The van der Waals surface area contributed by atoms with E-state index in [2.05, 4.69) is 15.9 Å². The van der Waals surface area contributed by atoms with E-state index < -0.39 is 17.6 Å². The van der Waals surface area contributed by atoms with Crippen LogP contribution in [0.1, 0.15) is 5.56 Å². The molecule has 0 saturated heterocycles. The zero-order chi connectivity index (χ0) is 11.7. The summed E-state index contributed by atoms with van der Waals surface area (Å²) in [6.45, 7) is -0.0457. The number of hydrogen-bond donors (Lipinski definition) is 0. The van der Waals surface area contributed by atoms with Gasteiger partial charge in [0.05, 0.1) is 6.54 Å². The lowest BCUT2D eigenvalue weighted by molar-refractivity contribution is -0.137. The predicted molar refractivity (Wildman–Crippen MR) is 58.8 cm³/mol. The zero-order valence-electron chi connectivity index (χ0n) is 8.11. The number of benzene rings is 1. The Morgan fingerprint density at radius 1 is 1.19 bits per heavy atom. The van der Waals surface area contributed by atoms with Crippen molar-refractivity contribution >= 4 is 27.7 Å². The minimum atomic E-state index is -0.435. The highest BCUT2D eigenvalue weighted by Gasteiger charge is 2.24. The molecule has 1 heterocycles. The lowest BCUT2D eigenvalue weighted by Crippen LogP contribution is -2.29. The highest BCUT2D eigenvalue weighted by atomic mass is 79.9. The van der Waals surface area contributed by atoms with Gasteiger partial charge in [0.2, 0.25) is 0 Å². The molecule has 0 aromatic heterocycles. The van der Waals surface area contributed by atoms with Gasteiger partial charge >= 0.3 is 0 Å². The van der Waals surface area contributed by atoms with E-state index in [-0.39, 0.29) is 6.54 Å². The first-order valence-electron chi connectivity index (χ1n) is 4.55. The van der Waals surface area contributed by atoms with Crippen molar-refractivity contribution in [1.82, 2.24) is 4.90 Å². The van der Waals surface area contributed by atoms with E-state index in [9.17, 15) is 14.0 Å². The van der Waals surface area contributed by atoms with Gasteiger partial charge in [0.15, 0.2) is 0 Å². The van der Waals surface area contributed by atoms with Crippen LogP contribution < -0.4 is 0 Å². The SMILES string of the molecule is O=C1C=CC(=O)N1Cc1cc(Br)ccc1F. The lowest BCUT2D eigenvalue weighted by Gasteiger charge is -2.14. The van der Waals surface area contributed by atoms with Crippen molar-refractivity contribution in [3.05, 3.63) is 46.2 Å². The van der Waals surface area contributed by atoms with E-state index in [4.69, 9.17) is 0 Å². The molecule has 0 N–H and O–H groups in total. The van der Waals surface area contributed by atoms with E-state index in [1.807, 2.05) is 0 Å². The molecular weight excluding hydrogens is 277 g/mol. The smallest absolute Gasteiger partial charge is 0.253 e. The van der Waals surface area contributed by atoms with Gasteiger partial charge in [-0.2, -0.15) is 0 Å². The van der Waals surface area contributed by atoms with Crippen molar-refractivity contribution < 1.29 is 14.0 Å². The number of nitrogens with zero attached hydrogens (tertiary/aromatic N) is 1. The molecule has 5 heteroatoms. The second-order valence-corrected chi connectivity index (χ2v) is 4.25. The molecule has 0 atom stereocenters. The van der Waals surface area contributed by atoms with Crippen LogP contribution in [0.5, 0.6) is 0 Å². The highest BCUT2D eigenvalue weighted by molar-refractivity contribution is 9.10. The Morgan fingerprint density at radius 2 is 1.81 bits per heavy atom. The van der Waals surface area contributed by atoms with Crippen LogP contribution in [0, 0.1) is 5.82 Å². The summed E-state index contributed by atoms with van der Waals surface area (Å²) in [7, 11) is 0.